The van der Waals surface area contributed by atoms with E-state index in [1.165, 1.54) is 0 Å². The predicted octanol–water partition coefficient (Wildman–Crippen LogP) is 0.123. The number of esters is 1. The molecule has 20 heavy (non-hydrogen) atoms. The van der Waals surface area contributed by atoms with Gasteiger partial charge < -0.3 is 15.0 Å². The molecule has 0 spiro atoms. The van der Waals surface area contributed by atoms with Crippen molar-refractivity contribution in [3.8, 4) is 0 Å². The van der Waals surface area contributed by atoms with Gasteiger partial charge in [0, 0.05) is 25.5 Å². The van der Waals surface area contributed by atoms with Gasteiger partial charge in [0.05, 0.1) is 0 Å². The lowest BCUT2D eigenvalue weighted by Crippen LogP contribution is -2.39. The average molecular weight is 278 g/mol. The summed E-state index contributed by atoms with van der Waals surface area (Å²) in [5, 5.41) is 2.79. The first-order valence-electron chi connectivity index (χ1n) is 6.54. The van der Waals surface area contributed by atoms with E-state index in [1.807, 2.05) is 0 Å². The molecule has 1 saturated carbocycles. The Kier molecular flexibility index (Phi) is 4.49. The number of rotatable bonds is 6. The standard InChI is InChI=1S/C13H18N4O3/c1-9(12(19)16-10-4-5-10)20-11(18)8-17(2)13-14-6-3-7-15-13/h3,6-7,9-10H,4-5,8H2,1-2H3,(H,16,19). The van der Waals surface area contributed by atoms with Gasteiger partial charge in [0.25, 0.3) is 5.91 Å². The first kappa shape index (κ1) is 14.2. The number of amides is 1. The topological polar surface area (TPSA) is 84.4 Å². The molecule has 7 nitrogen and oxygen atoms in total. The third kappa shape index (κ3) is 4.18. The highest BCUT2D eigenvalue weighted by atomic mass is 16.5. The Labute approximate surface area is 117 Å². The fourth-order valence-corrected chi connectivity index (χ4v) is 1.59. The summed E-state index contributed by atoms with van der Waals surface area (Å²) in [4.78, 5) is 33.0. The second kappa shape index (κ2) is 6.31. The highest BCUT2D eigenvalue weighted by Gasteiger charge is 2.27. The first-order valence-corrected chi connectivity index (χ1v) is 6.54. The summed E-state index contributed by atoms with van der Waals surface area (Å²) >= 11 is 0. The second-order valence-corrected chi connectivity index (χ2v) is 4.82. The summed E-state index contributed by atoms with van der Waals surface area (Å²) in [6.45, 7) is 1.56. The van der Waals surface area contributed by atoms with Gasteiger partial charge in [-0.05, 0) is 25.8 Å². The number of hydrogen-bond donors (Lipinski definition) is 1. The lowest BCUT2D eigenvalue weighted by Gasteiger charge is -2.18. The second-order valence-electron chi connectivity index (χ2n) is 4.82. The number of aromatic nitrogens is 2. The lowest BCUT2D eigenvalue weighted by atomic mass is 10.3. The molecule has 108 valence electrons. The third-order valence-electron chi connectivity index (χ3n) is 2.86. The van der Waals surface area contributed by atoms with Crippen LogP contribution in [0.4, 0.5) is 5.95 Å². The van der Waals surface area contributed by atoms with Gasteiger partial charge in [-0.2, -0.15) is 0 Å². The lowest BCUT2D eigenvalue weighted by molar-refractivity contribution is -0.153. The minimum Gasteiger partial charge on any atom is -0.451 e. The molecule has 7 heteroatoms. The van der Waals surface area contributed by atoms with Crippen molar-refractivity contribution < 1.29 is 14.3 Å². The van der Waals surface area contributed by atoms with Gasteiger partial charge >= 0.3 is 5.97 Å². The summed E-state index contributed by atoms with van der Waals surface area (Å²) in [5.74, 6) is -0.308. The van der Waals surface area contributed by atoms with Crippen molar-refractivity contribution in [2.24, 2.45) is 0 Å². The number of likely N-dealkylation sites (N-methyl/N-ethyl adjacent to an activating group) is 1. The van der Waals surface area contributed by atoms with Crippen LogP contribution < -0.4 is 10.2 Å². The van der Waals surface area contributed by atoms with E-state index in [1.54, 1.807) is 37.3 Å². The molecule has 1 atom stereocenters. The molecule has 1 aromatic rings. The van der Waals surface area contributed by atoms with Gasteiger partial charge in [0.15, 0.2) is 6.10 Å². The van der Waals surface area contributed by atoms with Gasteiger partial charge in [-0.15, -0.1) is 0 Å². The number of ether oxygens (including phenoxy) is 1. The fraction of sp³-hybridized carbons (Fsp3) is 0.538. The minimum atomic E-state index is -0.784. The maximum absolute atomic E-state index is 11.7. The molecule has 1 heterocycles. The monoisotopic (exact) mass is 278 g/mol. The van der Waals surface area contributed by atoms with Crippen LogP contribution in [0.25, 0.3) is 0 Å². The SMILES string of the molecule is CC(OC(=O)CN(C)c1ncccn1)C(=O)NC1CC1. The van der Waals surface area contributed by atoms with Crippen LogP contribution in [0.1, 0.15) is 19.8 Å². The van der Waals surface area contributed by atoms with Crippen molar-refractivity contribution >= 4 is 17.8 Å². The Balaban J connectivity index is 1.78. The van der Waals surface area contributed by atoms with Crippen molar-refractivity contribution in [1.82, 2.24) is 15.3 Å². The molecule has 0 radical (unpaired) electrons. The van der Waals surface area contributed by atoms with Crippen molar-refractivity contribution in [2.75, 3.05) is 18.5 Å². The Morgan fingerprint density at radius 2 is 2.10 bits per heavy atom. The third-order valence-corrected chi connectivity index (χ3v) is 2.86. The van der Waals surface area contributed by atoms with E-state index >= 15 is 0 Å². The van der Waals surface area contributed by atoms with Crippen LogP contribution >= 0.6 is 0 Å². The van der Waals surface area contributed by atoms with E-state index in [2.05, 4.69) is 15.3 Å². The molecular formula is C13H18N4O3. The maximum atomic E-state index is 11.7. The first-order chi connectivity index (χ1) is 9.56. The number of nitrogens with zero attached hydrogens (tertiary/aromatic N) is 3. The average Bonchev–Trinajstić information content (AvgIpc) is 3.23. The van der Waals surface area contributed by atoms with E-state index in [-0.39, 0.29) is 18.5 Å². The van der Waals surface area contributed by atoms with Gasteiger partial charge in [0.2, 0.25) is 5.95 Å². The highest BCUT2D eigenvalue weighted by molar-refractivity contribution is 5.84. The Bertz CT molecular complexity index is 476. The van der Waals surface area contributed by atoms with Crippen LogP contribution in [0.15, 0.2) is 18.5 Å². The fourth-order valence-electron chi connectivity index (χ4n) is 1.59. The van der Waals surface area contributed by atoms with Crippen molar-refractivity contribution in [3.05, 3.63) is 18.5 Å². The normalized spacial score (nSPS) is 15.3. The zero-order chi connectivity index (χ0) is 14.5. The number of anilines is 1. The quantitative estimate of drug-likeness (QED) is 0.744. The van der Waals surface area contributed by atoms with E-state index in [0.29, 0.717) is 5.95 Å². The zero-order valence-corrected chi connectivity index (χ0v) is 11.6. The molecule has 0 bridgehead atoms. The van der Waals surface area contributed by atoms with Crippen LogP contribution in [0.5, 0.6) is 0 Å². The van der Waals surface area contributed by atoms with Crippen LogP contribution in [0.3, 0.4) is 0 Å². The molecule has 1 aliphatic carbocycles. The van der Waals surface area contributed by atoms with Gasteiger partial charge in [-0.3, -0.25) is 9.59 Å². The maximum Gasteiger partial charge on any atom is 0.326 e. The summed E-state index contributed by atoms with van der Waals surface area (Å²) in [7, 11) is 1.69. The van der Waals surface area contributed by atoms with Crippen molar-refractivity contribution in [3.63, 3.8) is 0 Å². The zero-order valence-electron chi connectivity index (χ0n) is 11.6. The predicted molar refractivity (Wildman–Crippen MR) is 72.0 cm³/mol. The molecule has 2 rings (SSSR count). The van der Waals surface area contributed by atoms with Crippen LogP contribution in [-0.4, -0.2) is 47.6 Å². The summed E-state index contributed by atoms with van der Waals surface area (Å²) < 4.78 is 5.08. The van der Waals surface area contributed by atoms with E-state index in [0.717, 1.165) is 12.8 Å². The summed E-state index contributed by atoms with van der Waals surface area (Å²) in [6, 6.07) is 1.95. The molecule has 0 aliphatic heterocycles. The van der Waals surface area contributed by atoms with Crippen LogP contribution in [0, 0.1) is 0 Å². The minimum absolute atomic E-state index is 0.00887. The van der Waals surface area contributed by atoms with Gasteiger partial charge in [0.1, 0.15) is 6.54 Å². The number of nitrogens with one attached hydrogen (secondary N) is 1. The molecule has 1 fully saturated rings. The number of hydrogen-bond acceptors (Lipinski definition) is 6. The number of carbonyl (C=O) groups excluding carboxylic acids is 2. The van der Waals surface area contributed by atoms with E-state index < -0.39 is 12.1 Å². The molecule has 1 unspecified atom stereocenters. The van der Waals surface area contributed by atoms with Crippen LogP contribution in [0.2, 0.25) is 0 Å². The molecule has 0 aromatic carbocycles. The highest BCUT2D eigenvalue weighted by Crippen LogP contribution is 2.18. The Morgan fingerprint density at radius 3 is 2.70 bits per heavy atom. The van der Waals surface area contributed by atoms with Gasteiger partial charge in [-0.25, -0.2) is 9.97 Å². The molecule has 0 saturated heterocycles. The summed E-state index contributed by atoms with van der Waals surface area (Å²) in [5.41, 5.74) is 0. The number of carbonyl (C=O) groups is 2. The smallest absolute Gasteiger partial charge is 0.326 e. The van der Waals surface area contributed by atoms with Gasteiger partial charge in [-0.1, -0.05) is 0 Å². The molecule has 1 aliphatic rings. The van der Waals surface area contributed by atoms with E-state index in [4.69, 9.17) is 4.74 Å². The molecule has 1 amide bonds. The molecule has 1 aromatic heterocycles. The van der Waals surface area contributed by atoms with E-state index in [9.17, 15) is 9.59 Å². The van der Waals surface area contributed by atoms with Crippen LogP contribution in [-0.2, 0) is 14.3 Å². The largest absolute Gasteiger partial charge is 0.451 e. The Hall–Kier alpha value is -2.18. The van der Waals surface area contributed by atoms with Crippen molar-refractivity contribution in [2.45, 2.75) is 31.9 Å². The van der Waals surface area contributed by atoms with Crippen molar-refractivity contribution in [1.29, 1.82) is 0 Å². The summed E-state index contributed by atoms with van der Waals surface area (Å²) in [6.07, 6.45) is 4.40. The molecule has 1 N–H and O–H groups in total. The Morgan fingerprint density at radius 1 is 1.45 bits per heavy atom. The molecular weight excluding hydrogens is 260 g/mol.